The fourth-order valence-corrected chi connectivity index (χ4v) is 3.68. The highest BCUT2D eigenvalue weighted by molar-refractivity contribution is 6.23. The van der Waals surface area contributed by atoms with Gasteiger partial charge in [0.2, 0.25) is 0 Å². The molecule has 0 radical (unpaired) electrons. The van der Waals surface area contributed by atoms with E-state index in [-0.39, 0.29) is 17.0 Å². The van der Waals surface area contributed by atoms with Crippen LogP contribution in [0.3, 0.4) is 0 Å². The SMILES string of the molecule is CC#Cc1cc(C)c(C2=C(O)CC3(CNC3)CC2=O)c(C)c1. The molecule has 0 amide bonds. The maximum Gasteiger partial charge on any atom is 0.167 e. The summed E-state index contributed by atoms with van der Waals surface area (Å²) in [6.07, 6.45) is 1.12. The molecule has 1 heterocycles. The van der Waals surface area contributed by atoms with Gasteiger partial charge in [-0.1, -0.05) is 5.92 Å². The van der Waals surface area contributed by atoms with Crippen molar-refractivity contribution in [2.75, 3.05) is 13.1 Å². The van der Waals surface area contributed by atoms with Crippen LogP contribution in [0, 0.1) is 31.1 Å². The molecule has 3 heteroatoms. The Kier molecular flexibility index (Phi) is 3.58. The van der Waals surface area contributed by atoms with E-state index in [2.05, 4.69) is 17.2 Å². The van der Waals surface area contributed by atoms with E-state index in [9.17, 15) is 9.90 Å². The number of aliphatic hydroxyl groups excluding tert-OH is 1. The number of carbonyl (C=O) groups is 1. The summed E-state index contributed by atoms with van der Waals surface area (Å²) >= 11 is 0. The topological polar surface area (TPSA) is 49.3 Å². The van der Waals surface area contributed by atoms with Gasteiger partial charge in [0, 0.05) is 36.9 Å². The molecule has 1 aromatic rings. The van der Waals surface area contributed by atoms with E-state index in [0.29, 0.717) is 18.4 Å². The zero-order chi connectivity index (χ0) is 15.9. The molecule has 2 aliphatic rings. The molecular weight excluding hydrogens is 274 g/mol. The van der Waals surface area contributed by atoms with Crippen molar-refractivity contribution >= 4 is 11.4 Å². The molecule has 0 atom stereocenters. The van der Waals surface area contributed by atoms with E-state index < -0.39 is 0 Å². The minimum Gasteiger partial charge on any atom is -0.512 e. The first-order valence-electron chi connectivity index (χ1n) is 7.66. The Labute approximate surface area is 131 Å². The van der Waals surface area contributed by atoms with Crippen LogP contribution in [0.15, 0.2) is 17.9 Å². The Morgan fingerprint density at radius 1 is 1.18 bits per heavy atom. The van der Waals surface area contributed by atoms with E-state index in [4.69, 9.17) is 0 Å². The molecular formula is C19H21NO2. The summed E-state index contributed by atoms with van der Waals surface area (Å²) in [5.41, 5.74) is 4.28. The first-order chi connectivity index (χ1) is 10.5. The summed E-state index contributed by atoms with van der Waals surface area (Å²) in [6, 6.07) is 3.98. The van der Waals surface area contributed by atoms with Crippen molar-refractivity contribution in [3.63, 3.8) is 0 Å². The number of hydrogen-bond donors (Lipinski definition) is 2. The van der Waals surface area contributed by atoms with Gasteiger partial charge < -0.3 is 10.4 Å². The van der Waals surface area contributed by atoms with Gasteiger partial charge in [0.1, 0.15) is 5.76 Å². The number of ketones is 1. The molecule has 3 rings (SSSR count). The maximum absolute atomic E-state index is 12.7. The van der Waals surface area contributed by atoms with Gasteiger partial charge in [0.15, 0.2) is 5.78 Å². The zero-order valence-electron chi connectivity index (χ0n) is 13.3. The number of carbonyl (C=O) groups excluding carboxylic acids is 1. The van der Waals surface area contributed by atoms with Crippen molar-refractivity contribution in [2.45, 2.75) is 33.6 Å². The monoisotopic (exact) mass is 295 g/mol. The molecule has 0 bridgehead atoms. The molecule has 114 valence electrons. The highest BCUT2D eigenvalue weighted by Crippen LogP contribution is 2.43. The Morgan fingerprint density at radius 3 is 2.27 bits per heavy atom. The molecule has 1 aliphatic heterocycles. The van der Waals surface area contributed by atoms with Gasteiger partial charge in [-0.05, 0) is 49.6 Å². The van der Waals surface area contributed by atoms with Gasteiger partial charge in [-0.15, -0.1) is 5.92 Å². The normalized spacial score (nSPS) is 19.7. The third-order valence-corrected chi connectivity index (χ3v) is 4.70. The second-order valence-corrected chi connectivity index (χ2v) is 6.56. The van der Waals surface area contributed by atoms with Gasteiger partial charge in [-0.2, -0.15) is 0 Å². The Hall–Kier alpha value is -2.05. The molecule has 1 fully saturated rings. The van der Waals surface area contributed by atoms with Crippen molar-refractivity contribution < 1.29 is 9.90 Å². The summed E-state index contributed by atoms with van der Waals surface area (Å²) in [5.74, 6) is 6.26. The van der Waals surface area contributed by atoms with Crippen LogP contribution in [-0.4, -0.2) is 24.0 Å². The van der Waals surface area contributed by atoms with E-state index in [0.717, 1.165) is 35.3 Å². The second-order valence-electron chi connectivity index (χ2n) is 6.56. The Balaban J connectivity index is 2.08. The lowest BCUT2D eigenvalue weighted by Gasteiger charge is -2.44. The minimum atomic E-state index is -0.0555. The van der Waals surface area contributed by atoms with E-state index in [1.165, 1.54) is 0 Å². The van der Waals surface area contributed by atoms with Gasteiger partial charge >= 0.3 is 0 Å². The van der Waals surface area contributed by atoms with Crippen LogP contribution in [0.25, 0.3) is 5.57 Å². The average Bonchev–Trinajstić information content (AvgIpc) is 2.39. The zero-order valence-corrected chi connectivity index (χ0v) is 13.3. The highest BCUT2D eigenvalue weighted by Gasteiger charge is 2.45. The Bertz CT molecular complexity index is 719. The van der Waals surface area contributed by atoms with Crippen LogP contribution in [0.1, 0.15) is 42.0 Å². The Morgan fingerprint density at radius 2 is 1.82 bits per heavy atom. The highest BCUT2D eigenvalue weighted by atomic mass is 16.3. The molecule has 2 N–H and O–H groups in total. The molecule has 1 spiro atoms. The number of hydrogen-bond acceptors (Lipinski definition) is 3. The van der Waals surface area contributed by atoms with Crippen molar-refractivity contribution in [2.24, 2.45) is 5.41 Å². The molecule has 0 saturated carbocycles. The van der Waals surface area contributed by atoms with Crippen molar-refractivity contribution in [3.05, 3.63) is 40.1 Å². The lowest BCUT2D eigenvalue weighted by molar-refractivity contribution is -0.117. The number of benzene rings is 1. The van der Waals surface area contributed by atoms with Crippen molar-refractivity contribution in [1.82, 2.24) is 5.32 Å². The van der Waals surface area contributed by atoms with Gasteiger partial charge in [-0.25, -0.2) is 0 Å². The van der Waals surface area contributed by atoms with Crippen molar-refractivity contribution in [3.8, 4) is 11.8 Å². The predicted octanol–water partition coefficient (Wildman–Crippen LogP) is 2.90. The fraction of sp³-hybridized carbons (Fsp3) is 0.421. The largest absolute Gasteiger partial charge is 0.512 e. The van der Waals surface area contributed by atoms with E-state index >= 15 is 0 Å². The predicted molar refractivity (Wildman–Crippen MR) is 87.6 cm³/mol. The molecule has 0 aromatic heterocycles. The van der Waals surface area contributed by atoms with E-state index in [1.54, 1.807) is 0 Å². The number of nitrogens with one attached hydrogen (secondary N) is 1. The standard InChI is InChI=1S/C19H21NO2/c1-4-5-14-6-12(2)17(13(3)7-14)18-15(21)8-19(9-16(18)22)10-20-11-19/h6-7,20-21H,8-11H2,1-3H3. The summed E-state index contributed by atoms with van der Waals surface area (Å²) in [6.45, 7) is 7.40. The minimum absolute atomic E-state index is 0.0555. The number of rotatable bonds is 1. The van der Waals surface area contributed by atoms with Crippen LogP contribution in [-0.2, 0) is 4.79 Å². The molecule has 1 aromatic carbocycles. The summed E-state index contributed by atoms with van der Waals surface area (Å²) < 4.78 is 0. The third kappa shape index (κ3) is 2.34. The fourth-order valence-electron chi connectivity index (χ4n) is 3.68. The van der Waals surface area contributed by atoms with Crippen molar-refractivity contribution in [1.29, 1.82) is 0 Å². The summed E-state index contributed by atoms with van der Waals surface area (Å²) in [4.78, 5) is 12.7. The number of Topliss-reactive ketones (excluding diaryl/α,β-unsaturated/α-hetero) is 1. The molecule has 0 unspecified atom stereocenters. The smallest absolute Gasteiger partial charge is 0.167 e. The van der Waals surface area contributed by atoms with Crippen LogP contribution >= 0.6 is 0 Å². The van der Waals surface area contributed by atoms with Gasteiger partial charge in [-0.3, -0.25) is 4.79 Å². The van der Waals surface area contributed by atoms with Gasteiger partial charge in [0.25, 0.3) is 0 Å². The summed E-state index contributed by atoms with van der Waals surface area (Å²) in [7, 11) is 0. The number of aliphatic hydroxyl groups is 1. The number of aryl methyl sites for hydroxylation is 2. The maximum atomic E-state index is 12.7. The lowest BCUT2D eigenvalue weighted by atomic mass is 9.68. The second kappa shape index (κ2) is 5.30. The summed E-state index contributed by atoms with van der Waals surface area (Å²) in [5, 5.41) is 13.7. The molecule has 1 aliphatic carbocycles. The first-order valence-corrected chi connectivity index (χ1v) is 7.66. The lowest BCUT2D eigenvalue weighted by Crippen LogP contribution is -2.55. The van der Waals surface area contributed by atoms with Crippen LogP contribution in [0.2, 0.25) is 0 Å². The van der Waals surface area contributed by atoms with Gasteiger partial charge in [0.05, 0.1) is 5.57 Å². The first kappa shape index (κ1) is 14.9. The number of allylic oxidation sites excluding steroid dienone is 2. The molecule has 3 nitrogen and oxygen atoms in total. The van der Waals surface area contributed by atoms with Crippen LogP contribution < -0.4 is 5.32 Å². The van der Waals surface area contributed by atoms with Crippen LogP contribution in [0.5, 0.6) is 0 Å². The third-order valence-electron chi connectivity index (χ3n) is 4.70. The quantitative estimate of drug-likeness (QED) is 0.783. The van der Waals surface area contributed by atoms with Crippen LogP contribution in [0.4, 0.5) is 0 Å². The molecule has 1 saturated heterocycles. The van der Waals surface area contributed by atoms with E-state index in [1.807, 2.05) is 32.9 Å². The molecule has 22 heavy (non-hydrogen) atoms. The average molecular weight is 295 g/mol.